The Balaban J connectivity index is 4.00. The SMILES string of the molecule is CC(C)(C)C(=O)O[C@@H]1[C@@H](OC(=O)C(C)(C)C)[C@H](OC(=O)C(C)(C)C)[C@H](O)[C@H](OC(=O)C(C)(C)C)[C@H]1OC(=O)C(C)(C)C. The van der Waals surface area contributed by atoms with E-state index in [0.29, 0.717) is 0 Å². The highest BCUT2D eigenvalue weighted by molar-refractivity contribution is 5.79. The molecule has 11 heteroatoms. The maximum atomic E-state index is 13.3. The molecule has 1 aliphatic rings. The van der Waals surface area contributed by atoms with Gasteiger partial charge in [-0.05, 0) is 104 Å². The molecule has 0 aromatic carbocycles. The first kappa shape index (κ1) is 37.3. The number of hydrogen-bond acceptors (Lipinski definition) is 11. The zero-order valence-corrected chi connectivity index (χ0v) is 28.0. The third kappa shape index (κ3) is 9.67. The van der Waals surface area contributed by atoms with E-state index in [1.165, 1.54) is 0 Å². The van der Waals surface area contributed by atoms with Gasteiger partial charge in [0.25, 0.3) is 0 Å². The average Bonchev–Trinajstić information content (AvgIpc) is 2.77. The second kappa shape index (κ2) is 12.5. The van der Waals surface area contributed by atoms with E-state index in [0.717, 1.165) is 0 Å². The summed E-state index contributed by atoms with van der Waals surface area (Å²) in [6.45, 7) is 23.8. The highest BCUT2D eigenvalue weighted by Crippen LogP contribution is 2.37. The number of hydrogen-bond donors (Lipinski definition) is 1. The number of esters is 5. The van der Waals surface area contributed by atoms with Crippen LogP contribution >= 0.6 is 0 Å². The molecule has 1 fully saturated rings. The van der Waals surface area contributed by atoms with Crippen molar-refractivity contribution in [2.75, 3.05) is 0 Å². The zero-order valence-electron chi connectivity index (χ0n) is 28.0. The summed E-state index contributed by atoms with van der Waals surface area (Å²) in [5, 5.41) is 11.7. The summed E-state index contributed by atoms with van der Waals surface area (Å²) in [7, 11) is 0. The van der Waals surface area contributed by atoms with Gasteiger partial charge in [0.15, 0.2) is 30.5 Å². The zero-order chi connectivity index (χ0) is 33.4. The van der Waals surface area contributed by atoms with Crippen molar-refractivity contribution in [2.45, 2.75) is 140 Å². The van der Waals surface area contributed by atoms with Gasteiger partial charge in [-0.1, -0.05) is 0 Å². The molecule has 0 aromatic rings. The number of carbonyl (C=O) groups is 5. The van der Waals surface area contributed by atoms with Crippen molar-refractivity contribution in [3.8, 4) is 0 Å². The van der Waals surface area contributed by atoms with Crippen molar-refractivity contribution < 1.29 is 52.8 Å². The molecule has 0 saturated heterocycles. The van der Waals surface area contributed by atoms with Crippen LogP contribution in [0.1, 0.15) is 104 Å². The standard InChI is InChI=1S/C31H52O11/c1-27(2,3)22(33)38-17-16(32)18(39-23(34)28(4,5)6)20(41-25(36)30(10,11)12)21(42-26(37)31(13,14)15)19(17)40-24(35)29(7,8)9/h16-21,32H,1-15H3/t16-,17+,18-,19-,20+,21+. The first-order valence-corrected chi connectivity index (χ1v) is 14.2. The number of aliphatic hydroxyl groups excluding tert-OH is 1. The van der Waals surface area contributed by atoms with Gasteiger partial charge in [-0.25, -0.2) is 0 Å². The Bertz CT molecular complexity index is 958. The Morgan fingerprint density at radius 1 is 0.357 bits per heavy atom. The van der Waals surface area contributed by atoms with Gasteiger partial charge in [0.1, 0.15) is 6.10 Å². The minimum atomic E-state index is -1.84. The van der Waals surface area contributed by atoms with Gasteiger partial charge in [0.2, 0.25) is 0 Å². The lowest BCUT2D eigenvalue weighted by atomic mass is 9.82. The summed E-state index contributed by atoms with van der Waals surface area (Å²) in [6, 6.07) is 0. The second-order valence-electron chi connectivity index (χ2n) is 16.1. The molecule has 0 radical (unpaired) electrons. The van der Waals surface area contributed by atoms with Gasteiger partial charge in [0, 0.05) is 0 Å². The fraction of sp³-hybridized carbons (Fsp3) is 0.839. The minimum absolute atomic E-state index is 0.764. The lowest BCUT2D eigenvalue weighted by molar-refractivity contribution is -0.264. The Kier molecular flexibility index (Phi) is 11.1. The van der Waals surface area contributed by atoms with Gasteiger partial charge >= 0.3 is 29.8 Å². The number of carbonyl (C=O) groups excluding carboxylic acids is 5. The maximum absolute atomic E-state index is 13.3. The lowest BCUT2D eigenvalue weighted by Crippen LogP contribution is -2.69. The Hall–Kier alpha value is -2.69. The number of ether oxygens (including phenoxy) is 5. The van der Waals surface area contributed by atoms with E-state index in [1.54, 1.807) is 104 Å². The topological polar surface area (TPSA) is 152 Å². The highest BCUT2D eigenvalue weighted by atomic mass is 16.7. The molecule has 0 aliphatic heterocycles. The van der Waals surface area contributed by atoms with Crippen LogP contribution in [0.2, 0.25) is 0 Å². The molecule has 1 saturated carbocycles. The van der Waals surface area contributed by atoms with E-state index in [1.807, 2.05) is 0 Å². The van der Waals surface area contributed by atoms with Crippen molar-refractivity contribution >= 4 is 29.8 Å². The van der Waals surface area contributed by atoms with E-state index in [2.05, 4.69) is 0 Å². The largest absolute Gasteiger partial charge is 0.455 e. The average molecular weight is 601 g/mol. The molecule has 0 spiro atoms. The second-order valence-corrected chi connectivity index (χ2v) is 16.1. The molecule has 242 valence electrons. The van der Waals surface area contributed by atoms with Crippen molar-refractivity contribution in [1.29, 1.82) is 0 Å². The predicted molar refractivity (Wildman–Crippen MR) is 153 cm³/mol. The first-order valence-electron chi connectivity index (χ1n) is 14.2. The van der Waals surface area contributed by atoms with Crippen LogP contribution in [-0.4, -0.2) is 71.6 Å². The van der Waals surface area contributed by atoms with Crippen LogP contribution in [0.25, 0.3) is 0 Å². The molecule has 0 heterocycles. The fourth-order valence-corrected chi connectivity index (χ4v) is 3.31. The molecule has 1 rings (SSSR count). The molecule has 0 amide bonds. The third-order valence-electron chi connectivity index (χ3n) is 6.25. The lowest BCUT2D eigenvalue weighted by Gasteiger charge is -2.48. The molecule has 0 bridgehead atoms. The molecule has 1 N–H and O–H groups in total. The van der Waals surface area contributed by atoms with E-state index < -0.39 is 93.5 Å². The normalized spacial score (nSPS) is 25.6. The van der Waals surface area contributed by atoms with Crippen molar-refractivity contribution in [1.82, 2.24) is 0 Å². The molecular formula is C31H52O11. The van der Waals surface area contributed by atoms with Crippen LogP contribution in [0.3, 0.4) is 0 Å². The van der Waals surface area contributed by atoms with Crippen molar-refractivity contribution in [3.63, 3.8) is 0 Å². The number of aliphatic hydroxyl groups is 1. The summed E-state index contributed by atoms with van der Waals surface area (Å²) in [4.78, 5) is 65.9. The molecule has 6 atom stereocenters. The molecular weight excluding hydrogens is 548 g/mol. The summed E-state index contributed by atoms with van der Waals surface area (Å²) < 4.78 is 28.9. The molecule has 11 nitrogen and oxygen atoms in total. The van der Waals surface area contributed by atoms with E-state index >= 15 is 0 Å². The molecule has 1 aliphatic carbocycles. The molecule has 42 heavy (non-hydrogen) atoms. The Labute approximate surface area is 250 Å². The fourth-order valence-electron chi connectivity index (χ4n) is 3.31. The summed E-state index contributed by atoms with van der Waals surface area (Å²) >= 11 is 0. The third-order valence-corrected chi connectivity index (χ3v) is 6.25. The van der Waals surface area contributed by atoms with E-state index in [4.69, 9.17) is 23.7 Å². The quantitative estimate of drug-likeness (QED) is 0.358. The summed E-state index contributed by atoms with van der Waals surface area (Å²) in [6.07, 6.45) is -10.1. The minimum Gasteiger partial charge on any atom is -0.455 e. The molecule has 0 unspecified atom stereocenters. The van der Waals surface area contributed by atoms with Crippen LogP contribution in [0, 0.1) is 27.1 Å². The van der Waals surface area contributed by atoms with Gasteiger partial charge in [-0.3, -0.25) is 24.0 Å². The van der Waals surface area contributed by atoms with E-state index in [9.17, 15) is 29.1 Å². The summed E-state index contributed by atoms with van der Waals surface area (Å²) in [5.41, 5.74) is -5.29. The first-order chi connectivity index (χ1) is 18.5. The maximum Gasteiger partial charge on any atom is 0.311 e. The van der Waals surface area contributed by atoms with Gasteiger partial charge < -0.3 is 28.8 Å². The van der Waals surface area contributed by atoms with E-state index in [-0.39, 0.29) is 0 Å². The van der Waals surface area contributed by atoms with Gasteiger partial charge in [-0.15, -0.1) is 0 Å². The van der Waals surface area contributed by atoms with Crippen LogP contribution in [0.15, 0.2) is 0 Å². The van der Waals surface area contributed by atoms with Crippen molar-refractivity contribution in [3.05, 3.63) is 0 Å². The highest BCUT2D eigenvalue weighted by Gasteiger charge is 2.61. The van der Waals surface area contributed by atoms with Gasteiger partial charge in [0.05, 0.1) is 27.1 Å². The van der Waals surface area contributed by atoms with Crippen LogP contribution < -0.4 is 0 Å². The Morgan fingerprint density at radius 3 is 0.667 bits per heavy atom. The van der Waals surface area contributed by atoms with Crippen LogP contribution in [0.5, 0.6) is 0 Å². The summed E-state index contributed by atoms with van der Waals surface area (Å²) in [5.74, 6) is -3.83. The smallest absolute Gasteiger partial charge is 0.311 e. The van der Waals surface area contributed by atoms with Crippen LogP contribution in [0.4, 0.5) is 0 Å². The molecule has 0 aromatic heterocycles. The van der Waals surface area contributed by atoms with Crippen LogP contribution in [-0.2, 0) is 47.7 Å². The van der Waals surface area contributed by atoms with Gasteiger partial charge in [-0.2, -0.15) is 0 Å². The van der Waals surface area contributed by atoms with Crippen molar-refractivity contribution in [2.24, 2.45) is 27.1 Å². The predicted octanol–water partition coefficient (Wildman–Crippen LogP) is 4.15. The monoisotopic (exact) mass is 600 g/mol. The number of rotatable bonds is 5. The Morgan fingerprint density at radius 2 is 0.500 bits per heavy atom.